The van der Waals surface area contributed by atoms with E-state index in [1.54, 1.807) is 0 Å². The lowest BCUT2D eigenvalue weighted by molar-refractivity contribution is 0.553. The number of furan rings is 1. The van der Waals surface area contributed by atoms with Gasteiger partial charge in [-0.25, -0.2) is 0 Å². The van der Waals surface area contributed by atoms with Crippen LogP contribution < -0.4 is 0 Å². The van der Waals surface area contributed by atoms with Gasteiger partial charge in [-0.15, -0.1) is 0 Å². The first kappa shape index (κ1) is 6.48. The Balaban J connectivity index is 2.32. The van der Waals surface area contributed by atoms with E-state index in [0.717, 1.165) is 22.5 Å². The van der Waals surface area contributed by atoms with E-state index in [4.69, 9.17) is 4.42 Å². The highest BCUT2D eigenvalue weighted by Gasteiger charge is 2.24. The summed E-state index contributed by atoms with van der Waals surface area (Å²) in [6, 6.07) is 2.00. The molecule has 3 nitrogen and oxygen atoms in total. The van der Waals surface area contributed by atoms with E-state index in [1.807, 2.05) is 12.3 Å². The van der Waals surface area contributed by atoms with Gasteiger partial charge < -0.3 is 4.42 Å². The number of hydrogen-bond acceptors (Lipinski definition) is 2. The molecular formula is C8H5BrN2O. The van der Waals surface area contributed by atoms with Gasteiger partial charge in [0.1, 0.15) is 5.69 Å². The number of halogens is 1. The zero-order chi connectivity index (χ0) is 8.13. The van der Waals surface area contributed by atoms with Crippen molar-refractivity contribution in [2.24, 2.45) is 0 Å². The number of nitrogens with zero attached hydrogens (tertiary/aromatic N) is 1. The standard InChI is InChI=1S/C8H5BrN2O/c9-6-2-4-1-5-3-10-11-7(5)8(4)12-6/h2-3H,1H2,(H,10,11). The highest BCUT2D eigenvalue weighted by atomic mass is 79.9. The molecule has 0 radical (unpaired) electrons. The van der Waals surface area contributed by atoms with Crippen molar-refractivity contribution >= 4 is 15.9 Å². The molecule has 0 spiro atoms. The molecule has 60 valence electrons. The Bertz CT molecular complexity index is 444. The Labute approximate surface area is 76.9 Å². The van der Waals surface area contributed by atoms with E-state index in [1.165, 1.54) is 11.1 Å². The summed E-state index contributed by atoms with van der Waals surface area (Å²) in [5, 5.41) is 6.87. The van der Waals surface area contributed by atoms with Gasteiger partial charge in [-0.2, -0.15) is 5.10 Å². The number of aromatic nitrogens is 2. The quantitative estimate of drug-likeness (QED) is 0.637. The maximum atomic E-state index is 5.46. The van der Waals surface area contributed by atoms with Crippen molar-refractivity contribution in [2.75, 3.05) is 0 Å². The van der Waals surface area contributed by atoms with Crippen LogP contribution in [0.4, 0.5) is 0 Å². The fraction of sp³-hybridized carbons (Fsp3) is 0.125. The molecule has 1 aliphatic rings. The van der Waals surface area contributed by atoms with E-state index in [-0.39, 0.29) is 0 Å². The molecule has 2 aromatic heterocycles. The van der Waals surface area contributed by atoms with Crippen LogP contribution in [0.25, 0.3) is 11.5 Å². The third-order valence-electron chi connectivity index (χ3n) is 2.10. The maximum Gasteiger partial charge on any atom is 0.170 e. The van der Waals surface area contributed by atoms with Crippen LogP contribution >= 0.6 is 15.9 Å². The van der Waals surface area contributed by atoms with E-state index >= 15 is 0 Å². The average Bonchev–Trinajstić information content (AvgIpc) is 2.59. The average molecular weight is 225 g/mol. The second kappa shape index (κ2) is 2.01. The molecule has 0 saturated carbocycles. The zero-order valence-electron chi connectivity index (χ0n) is 6.10. The van der Waals surface area contributed by atoms with Crippen LogP contribution in [-0.2, 0) is 6.42 Å². The summed E-state index contributed by atoms with van der Waals surface area (Å²) in [7, 11) is 0. The third-order valence-corrected chi connectivity index (χ3v) is 2.50. The number of rotatable bonds is 0. The second-order valence-corrected chi connectivity index (χ2v) is 3.63. The fourth-order valence-corrected chi connectivity index (χ4v) is 2.02. The second-order valence-electron chi connectivity index (χ2n) is 2.85. The SMILES string of the molecule is Brc1cc2c(o1)-c1[nH]ncc1C2. The lowest BCUT2D eigenvalue weighted by atomic mass is 10.2. The van der Waals surface area contributed by atoms with Crippen LogP contribution in [0.5, 0.6) is 0 Å². The number of H-pyrrole nitrogens is 1. The van der Waals surface area contributed by atoms with Crippen molar-refractivity contribution in [1.82, 2.24) is 10.2 Å². The van der Waals surface area contributed by atoms with Crippen molar-refractivity contribution < 1.29 is 4.42 Å². The minimum absolute atomic E-state index is 0.785. The van der Waals surface area contributed by atoms with Gasteiger partial charge in [0, 0.05) is 17.5 Å². The monoisotopic (exact) mass is 224 g/mol. The highest BCUT2D eigenvalue weighted by molar-refractivity contribution is 9.10. The van der Waals surface area contributed by atoms with Gasteiger partial charge >= 0.3 is 0 Å². The van der Waals surface area contributed by atoms with Gasteiger partial charge in [-0.05, 0) is 22.0 Å². The topological polar surface area (TPSA) is 41.8 Å². The van der Waals surface area contributed by atoms with Gasteiger partial charge in [0.05, 0.1) is 6.20 Å². The van der Waals surface area contributed by atoms with E-state index < -0.39 is 0 Å². The molecule has 1 aliphatic carbocycles. The summed E-state index contributed by atoms with van der Waals surface area (Å²) in [5.41, 5.74) is 3.47. The van der Waals surface area contributed by atoms with Gasteiger partial charge in [0.25, 0.3) is 0 Å². The van der Waals surface area contributed by atoms with Crippen molar-refractivity contribution in [1.29, 1.82) is 0 Å². The third kappa shape index (κ3) is 0.679. The number of hydrogen-bond donors (Lipinski definition) is 1. The normalized spacial score (nSPS) is 13.1. The maximum absolute atomic E-state index is 5.46. The van der Waals surface area contributed by atoms with Gasteiger partial charge in [0.2, 0.25) is 0 Å². The van der Waals surface area contributed by atoms with Crippen LogP contribution in [0.3, 0.4) is 0 Å². The number of fused-ring (bicyclic) bond motifs is 3. The molecule has 0 unspecified atom stereocenters. The molecule has 1 N–H and O–H groups in total. The first-order valence-corrected chi connectivity index (χ1v) is 4.45. The van der Waals surface area contributed by atoms with Gasteiger partial charge in [-0.1, -0.05) is 0 Å². The Morgan fingerprint density at radius 2 is 2.42 bits per heavy atom. The molecule has 0 bridgehead atoms. The summed E-state index contributed by atoms with van der Waals surface area (Å²) in [6.07, 6.45) is 2.77. The largest absolute Gasteiger partial charge is 0.447 e. The summed E-state index contributed by atoms with van der Waals surface area (Å²) in [5.74, 6) is 0.925. The van der Waals surface area contributed by atoms with Crippen molar-refractivity contribution in [2.45, 2.75) is 6.42 Å². The van der Waals surface area contributed by atoms with Crippen LogP contribution in [-0.4, -0.2) is 10.2 Å². The van der Waals surface area contributed by atoms with E-state index in [0.29, 0.717) is 0 Å². The lowest BCUT2D eigenvalue weighted by Gasteiger charge is -1.86. The molecule has 0 aliphatic heterocycles. The predicted octanol–water partition coefficient (Wildman–Crippen LogP) is 2.34. The van der Waals surface area contributed by atoms with Crippen LogP contribution in [0.2, 0.25) is 0 Å². The van der Waals surface area contributed by atoms with E-state index in [9.17, 15) is 0 Å². The summed E-state index contributed by atoms with van der Waals surface area (Å²) < 4.78 is 6.24. The smallest absolute Gasteiger partial charge is 0.170 e. The molecule has 0 saturated heterocycles. The molecule has 12 heavy (non-hydrogen) atoms. The number of nitrogens with one attached hydrogen (secondary N) is 1. The summed E-state index contributed by atoms with van der Waals surface area (Å²) >= 11 is 3.30. The molecule has 3 rings (SSSR count). The molecule has 2 heterocycles. The molecule has 0 atom stereocenters. The molecule has 4 heteroatoms. The molecule has 0 aromatic carbocycles. The molecule has 0 amide bonds. The molecule has 2 aromatic rings. The van der Waals surface area contributed by atoms with Crippen molar-refractivity contribution in [3.8, 4) is 11.5 Å². The molecule has 0 fully saturated rings. The minimum Gasteiger partial charge on any atom is -0.447 e. The van der Waals surface area contributed by atoms with E-state index in [2.05, 4.69) is 26.1 Å². The first-order valence-electron chi connectivity index (χ1n) is 3.65. The summed E-state index contributed by atoms with van der Waals surface area (Å²) in [6.45, 7) is 0. The lowest BCUT2D eigenvalue weighted by Crippen LogP contribution is -1.74. The summed E-state index contributed by atoms with van der Waals surface area (Å²) in [4.78, 5) is 0. The van der Waals surface area contributed by atoms with Crippen LogP contribution in [0, 0.1) is 0 Å². The van der Waals surface area contributed by atoms with Crippen molar-refractivity contribution in [3.05, 3.63) is 28.1 Å². The Morgan fingerprint density at radius 1 is 1.50 bits per heavy atom. The number of aromatic amines is 1. The molecular weight excluding hydrogens is 220 g/mol. The van der Waals surface area contributed by atoms with Crippen LogP contribution in [0.15, 0.2) is 21.3 Å². The van der Waals surface area contributed by atoms with Crippen LogP contribution in [0.1, 0.15) is 11.1 Å². The Hall–Kier alpha value is -1.03. The zero-order valence-corrected chi connectivity index (χ0v) is 7.68. The Morgan fingerprint density at radius 3 is 3.33 bits per heavy atom. The van der Waals surface area contributed by atoms with Gasteiger partial charge in [0.15, 0.2) is 10.4 Å². The first-order chi connectivity index (χ1) is 5.84. The van der Waals surface area contributed by atoms with Gasteiger partial charge in [-0.3, -0.25) is 5.10 Å². The van der Waals surface area contributed by atoms with Crippen molar-refractivity contribution in [3.63, 3.8) is 0 Å². The minimum atomic E-state index is 0.785. The predicted molar refractivity (Wildman–Crippen MR) is 46.8 cm³/mol. The Kier molecular flexibility index (Phi) is 1.09. The highest BCUT2D eigenvalue weighted by Crippen LogP contribution is 2.38. The fourth-order valence-electron chi connectivity index (χ4n) is 1.58.